The number of esters is 1. The number of carbonyl (C=O) groups excluding carboxylic acids is 1. The van der Waals surface area contributed by atoms with Crippen molar-refractivity contribution < 1.29 is 23.1 Å². The predicted molar refractivity (Wildman–Crippen MR) is 123 cm³/mol. The largest absolute Gasteiger partial charge is 0.468 e. The van der Waals surface area contributed by atoms with Crippen LogP contribution in [-0.4, -0.2) is 24.9 Å². The molecule has 0 radical (unpaired) electrons. The van der Waals surface area contributed by atoms with Gasteiger partial charge in [-0.25, -0.2) is 0 Å². The van der Waals surface area contributed by atoms with Crippen molar-refractivity contribution in [1.82, 2.24) is 5.32 Å². The lowest BCUT2D eigenvalue weighted by atomic mass is 10.0. The molecule has 0 heterocycles. The summed E-state index contributed by atoms with van der Waals surface area (Å²) in [4.78, 5) is 12.3. The summed E-state index contributed by atoms with van der Waals surface area (Å²) in [6, 6.07) is 18.5. The second kappa shape index (κ2) is 12.8. The van der Waals surface area contributed by atoms with E-state index in [1.54, 1.807) is 0 Å². The molecule has 2 rings (SSSR count). The van der Waals surface area contributed by atoms with Crippen LogP contribution in [0.15, 0.2) is 60.7 Å². The molecule has 31 heavy (non-hydrogen) atoms. The van der Waals surface area contributed by atoms with Gasteiger partial charge < -0.3 is 13.8 Å². The van der Waals surface area contributed by atoms with Crippen molar-refractivity contribution in [2.45, 2.75) is 58.7 Å². The van der Waals surface area contributed by atoms with Crippen LogP contribution in [-0.2, 0) is 36.4 Å². The molecule has 0 amide bonds. The average Bonchev–Trinajstić information content (AvgIpc) is 2.79. The molecule has 2 atom stereocenters. The summed E-state index contributed by atoms with van der Waals surface area (Å²) in [7, 11) is -2.27. The van der Waals surface area contributed by atoms with Gasteiger partial charge in [-0.15, -0.1) is 0 Å². The van der Waals surface area contributed by atoms with Gasteiger partial charge in [0, 0.05) is 0 Å². The molecule has 7 heteroatoms. The van der Waals surface area contributed by atoms with Crippen LogP contribution in [0.4, 0.5) is 0 Å². The zero-order valence-corrected chi connectivity index (χ0v) is 19.7. The molecule has 0 aliphatic rings. The lowest BCUT2D eigenvalue weighted by Crippen LogP contribution is -2.44. The lowest BCUT2D eigenvalue weighted by molar-refractivity contribution is -0.143. The molecule has 0 bridgehead atoms. The van der Waals surface area contributed by atoms with Crippen LogP contribution >= 0.6 is 7.60 Å². The third kappa shape index (κ3) is 8.23. The fraction of sp³-hybridized carbons (Fsp3) is 0.458. The number of methoxy groups -OCH3 is 1. The van der Waals surface area contributed by atoms with Gasteiger partial charge >= 0.3 is 13.6 Å². The molecule has 0 spiro atoms. The molecule has 1 unspecified atom stereocenters. The van der Waals surface area contributed by atoms with Crippen LogP contribution in [0.2, 0.25) is 0 Å². The van der Waals surface area contributed by atoms with E-state index >= 15 is 0 Å². The van der Waals surface area contributed by atoms with Gasteiger partial charge in [0.25, 0.3) is 0 Å². The molecule has 0 aromatic heterocycles. The maximum atomic E-state index is 14.0. The van der Waals surface area contributed by atoms with Crippen molar-refractivity contribution in [2.75, 3.05) is 7.11 Å². The van der Waals surface area contributed by atoms with Crippen LogP contribution in [0, 0.1) is 5.92 Å². The van der Waals surface area contributed by atoms with E-state index < -0.39 is 19.4 Å². The van der Waals surface area contributed by atoms with Crippen molar-refractivity contribution >= 4 is 13.6 Å². The minimum atomic E-state index is -3.63. The van der Waals surface area contributed by atoms with Crippen molar-refractivity contribution in [3.05, 3.63) is 71.8 Å². The Morgan fingerprint density at radius 1 is 0.935 bits per heavy atom. The van der Waals surface area contributed by atoms with Crippen molar-refractivity contribution in [3.63, 3.8) is 0 Å². The van der Waals surface area contributed by atoms with Crippen LogP contribution in [0.5, 0.6) is 0 Å². The summed E-state index contributed by atoms with van der Waals surface area (Å²) < 4.78 is 30.8. The molecular weight excluding hydrogens is 413 g/mol. The maximum absolute atomic E-state index is 14.0. The average molecular weight is 448 g/mol. The molecule has 1 N–H and O–H groups in total. The molecule has 6 nitrogen and oxygen atoms in total. The van der Waals surface area contributed by atoms with E-state index in [4.69, 9.17) is 13.8 Å². The molecule has 0 saturated carbocycles. The highest BCUT2D eigenvalue weighted by Crippen LogP contribution is 2.54. The summed E-state index contributed by atoms with van der Waals surface area (Å²) in [6.45, 7) is 6.24. The van der Waals surface area contributed by atoms with E-state index in [0.29, 0.717) is 12.8 Å². The highest BCUT2D eigenvalue weighted by Gasteiger charge is 2.38. The normalized spacial score (nSPS) is 13.7. The molecule has 0 saturated heterocycles. The van der Waals surface area contributed by atoms with Crippen LogP contribution in [0.25, 0.3) is 0 Å². The monoisotopic (exact) mass is 447 g/mol. The summed E-state index contributed by atoms with van der Waals surface area (Å²) in [6.07, 6.45) is 1.02. The quantitative estimate of drug-likeness (QED) is 0.322. The van der Waals surface area contributed by atoms with E-state index in [-0.39, 0.29) is 25.1 Å². The van der Waals surface area contributed by atoms with Gasteiger partial charge in [0.2, 0.25) is 0 Å². The van der Waals surface area contributed by atoms with Gasteiger partial charge in [-0.2, -0.15) is 0 Å². The van der Waals surface area contributed by atoms with E-state index in [0.717, 1.165) is 11.1 Å². The number of ether oxygens (including phenoxy) is 1. The number of carbonyl (C=O) groups is 1. The first kappa shape index (κ1) is 25.3. The number of hydrogen-bond acceptors (Lipinski definition) is 6. The Balaban J connectivity index is 2.23. The Kier molecular flexibility index (Phi) is 10.4. The predicted octanol–water partition coefficient (Wildman–Crippen LogP) is 5.53. The Hall–Kier alpha value is -1.98. The van der Waals surface area contributed by atoms with Gasteiger partial charge in [0.1, 0.15) is 11.8 Å². The van der Waals surface area contributed by atoms with E-state index in [2.05, 4.69) is 5.32 Å². The lowest BCUT2D eigenvalue weighted by Gasteiger charge is -2.30. The van der Waals surface area contributed by atoms with Crippen LogP contribution < -0.4 is 5.32 Å². The highest BCUT2D eigenvalue weighted by molar-refractivity contribution is 7.54. The maximum Gasteiger partial charge on any atom is 0.348 e. The fourth-order valence-corrected chi connectivity index (χ4v) is 5.11. The molecular formula is C24H34NO5P. The first-order valence-electron chi connectivity index (χ1n) is 10.7. The summed E-state index contributed by atoms with van der Waals surface area (Å²) in [5, 5.41) is 3.21. The third-order valence-corrected chi connectivity index (χ3v) is 7.12. The number of benzene rings is 2. The van der Waals surface area contributed by atoms with Gasteiger partial charge in [-0.3, -0.25) is 14.7 Å². The van der Waals surface area contributed by atoms with Crippen molar-refractivity contribution in [1.29, 1.82) is 0 Å². The van der Waals surface area contributed by atoms with Crippen LogP contribution in [0.1, 0.15) is 44.7 Å². The SMILES string of the molecule is CCC(N[C@@H](CC(C)C)C(=O)OC)P(=O)(OCc1ccccc1)OCc1ccccc1. The van der Waals surface area contributed by atoms with Crippen molar-refractivity contribution in [2.24, 2.45) is 5.92 Å². The van der Waals surface area contributed by atoms with Gasteiger partial charge in [0.05, 0.1) is 20.3 Å². The second-order valence-corrected chi connectivity index (χ2v) is 10.1. The van der Waals surface area contributed by atoms with Gasteiger partial charge in [-0.1, -0.05) is 81.4 Å². The molecule has 0 aliphatic carbocycles. The second-order valence-electron chi connectivity index (χ2n) is 7.85. The van der Waals surface area contributed by atoms with Crippen molar-refractivity contribution in [3.8, 4) is 0 Å². The van der Waals surface area contributed by atoms with Gasteiger partial charge in [0.15, 0.2) is 0 Å². The van der Waals surface area contributed by atoms with E-state index in [1.165, 1.54) is 7.11 Å². The minimum Gasteiger partial charge on any atom is -0.468 e. The van der Waals surface area contributed by atoms with E-state index in [1.807, 2.05) is 81.4 Å². The Labute approximate surface area is 185 Å². The molecule has 2 aromatic rings. The summed E-state index contributed by atoms with van der Waals surface area (Å²) in [5.41, 5.74) is 1.79. The third-order valence-electron chi connectivity index (χ3n) is 4.86. The standard InChI is InChI=1S/C24H34NO5P/c1-5-23(25-22(16-19(2)3)24(26)28-4)31(27,29-17-20-12-8-6-9-13-20)30-18-21-14-10-7-11-15-21/h6-15,19,22-23,25H,5,16-18H2,1-4H3/t22-,23?/m0/s1. The number of rotatable bonds is 13. The summed E-state index contributed by atoms with van der Waals surface area (Å²) >= 11 is 0. The summed E-state index contributed by atoms with van der Waals surface area (Å²) in [5.74, 6) is -0.781. The highest BCUT2D eigenvalue weighted by atomic mass is 31.2. The van der Waals surface area contributed by atoms with Crippen LogP contribution in [0.3, 0.4) is 0 Å². The smallest absolute Gasteiger partial charge is 0.348 e. The first-order chi connectivity index (χ1) is 14.9. The zero-order valence-electron chi connectivity index (χ0n) is 18.8. The first-order valence-corrected chi connectivity index (χ1v) is 12.3. The molecule has 0 fully saturated rings. The Morgan fingerprint density at radius 2 is 1.42 bits per heavy atom. The number of nitrogens with one attached hydrogen (secondary N) is 1. The molecule has 0 aliphatic heterocycles. The Morgan fingerprint density at radius 3 is 1.81 bits per heavy atom. The molecule has 2 aromatic carbocycles. The zero-order chi connectivity index (χ0) is 22.7. The van der Waals surface area contributed by atoms with Gasteiger partial charge in [-0.05, 0) is 29.9 Å². The minimum absolute atomic E-state index is 0.151. The fourth-order valence-electron chi connectivity index (χ4n) is 3.21. The topological polar surface area (TPSA) is 73.9 Å². The molecule has 170 valence electrons. The Bertz CT molecular complexity index is 781. The number of hydrogen-bond donors (Lipinski definition) is 1. The van der Waals surface area contributed by atoms with E-state index in [9.17, 15) is 9.36 Å².